The van der Waals surface area contributed by atoms with Crippen LogP contribution >= 0.6 is 0 Å². The normalized spacial score (nSPS) is 15.7. The molecule has 1 N–H and O–H groups in total. The van der Waals surface area contributed by atoms with Crippen LogP contribution in [0.25, 0.3) is 22.6 Å². The van der Waals surface area contributed by atoms with Crippen molar-refractivity contribution in [2.75, 3.05) is 19.6 Å². The highest BCUT2D eigenvalue weighted by Gasteiger charge is 2.30. The van der Waals surface area contributed by atoms with Gasteiger partial charge < -0.3 is 14.6 Å². The molecule has 0 radical (unpaired) electrons. The minimum atomic E-state index is -0.0311. The molecule has 3 aromatic rings. The lowest BCUT2D eigenvalue weighted by atomic mass is 9.84. The molecule has 1 unspecified atom stereocenters. The average molecular weight is 448 g/mol. The Kier molecular flexibility index (Phi) is 7.11. The Morgan fingerprint density at radius 2 is 1.82 bits per heavy atom. The maximum Gasteiger partial charge on any atom is 0.253 e. The Morgan fingerprint density at radius 1 is 1.09 bits per heavy atom. The van der Waals surface area contributed by atoms with Crippen LogP contribution in [0.2, 0.25) is 0 Å². The van der Waals surface area contributed by atoms with Crippen LogP contribution in [0.5, 0.6) is 0 Å². The van der Waals surface area contributed by atoms with E-state index in [9.17, 15) is 9.59 Å². The number of aromatic nitrogens is 1. The summed E-state index contributed by atoms with van der Waals surface area (Å²) in [5, 5.41) is 3.07. The van der Waals surface area contributed by atoms with E-state index in [1.165, 1.54) is 0 Å². The van der Waals surface area contributed by atoms with E-state index in [0.29, 0.717) is 42.0 Å². The van der Waals surface area contributed by atoms with Gasteiger partial charge in [0.15, 0.2) is 5.58 Å². The van der Waals surface area contributed by atoms with E-state index in [0.717, 1.165) is 36.9 Å². The van der Waals surface area contributed by atoms with Crippen LogP contribution in [0.1, 0.15) is 50.4 Å². The molecule has 1 fully saturated rings. The number of benzene rings is 2. The molecule has 33 heavy (non-hydrogen) atoms. The molecule has 4 rings (SSSR count). The van der Waals surface area contributed by atoms with Gasteiger partial charge in [0.25, 0.3) is 5.91 Å². The summed E-state index contributed by atoms with van der Waals surface area (Å²) in [4.78, 5) is 32.0. The molecule has 1 saturated heterocycles. The fourth-order valence-corrected chi connectivity index (χ4v) is 4.41. The third kappa shape index (κ3) is 5.44. The van der Waals surface area contributed by atoms with Crippen molar-refractivity contribution >= 4 is 22.9 Å². The van der Waals surface area contributed by atoms with Gasteiger partial charge in [-0.2, -0.15) is 0 Å². The average Bonchev–Trinajstić information content (AvgIpc) is 3.27. The summed E-state index contributed by atoms with van der Waals surface area (Å²) in [6.45, 7) is 8.38. The molecule has 2 amide bonds. The first-order chi connectivity index (χ1) is 15.9. The maximum atomic E-state index is 13.1. The van der Waals surface area contributed by atoms with Gasteiger partial charge in [0.2, 0.25) is 11.8 Å². The molecule has 0 aliphatic carbocycles. The zero-order valence-electron chi connectivity index (χ0n) is 19.7. The number of hydrogen-bond donors (Lipinski definition) is 1. The number of nitrogens with one attached hydrogen (secondary N) is 1. The number of carbonyl (C=O) groups is 2. The van der Waals surface area contributed by atoms with E-state index in [1.54, 1.807) is 6.07 Å². The van der Waals surface area contributed by atoms with Crippen LogP contribution in [0.15, 0.2) is 52.9 Å². The van der Waals surface area contributed by atoms with E-state index >= 15 is 0 Å². The van der Waals surface area contributed by atoms with Crippen molar-refractivity contribution in [3.63, 3.8) is 0 Å². The summed E-state index contributed by atoms with van der Waals surface area (Å²) in [7, 11) is 0. The zero-order chi connectivity index (χ0) is 23.4. The van der Waals surface area contributed by atoms with Crippen molar-refractivity contribution in [2.45, 2.75) is 40.0 Å². The third-order valence-corrected chi connectivity index (χ3v) is 6.62. The monoisotopic (exact) mass is 447 g/mol. The van der Waals surface area contributed by atoms with Crippen molar-refractivity contribution in [3.8, 4) is 11.5 Å². The molecular formula is C27H33N3O3. The predicted molar refractivity (Wildman–Crippen MR) is 130 cm³/mol. The van der Waals surface area contributed by atoms with Gasteiger partial charge in [0.05, 0.1) is 0 Å². The SMILES string of the molecule is CC(C)CCNC(=O)C(C)C1CCN(C(=O)c2ccc3nc(-c4ccccc4)oc3c2)CC1. The smallest absolute Gasteiger partial charge is 0.253 e. The molecule has 1 atom stereocenters. The van der Waals surface area contributed by atoms with Crippen LogP contribution in [-0.2, 0) is 4.79 Å². The van der Waals surface area contributed by atoms with Gasteiger partial charge in [-0.05, 0) is 61.4 Å². The van der Waals surface area contributed by atoms with Crippen molar-refractivity contribution in [1.82, 2.24) is 15.2 Å². The molecule has 2 aromatic carbocycles. The Bertz CT molecular complexity index is 1100. The van der Waals surface area contributed by atoms with E-state index in [-0.39, 0.29) is 17.7 Å². The minimum Gasteiger partial charge on any atom is -0.436 e. The van der Waals surface area contributed by atoms with Gasteiger partial charge in [-0.1, -0.05) is 39.0 Å². The number of nitrogens with zero attached hydrogens (tertiary/aromatic N) is 2. The zero-order valence-corrected chi connectivity index (χ0v) is 19.7. The lowest BCUT2D eigenvalue weighted by Gasteiger charge is -2.34. The molecule has 6 nitrogen and oxygen atoms in total. The number of amides is 2. The van der Waals surface area contributed by atoms with Gasteiger partial charge in [-0.15, -0.1) is 0 Å². The first kappa shape index (κ1) is 23.0. The van der Waals surface area contributed by atoms with Gasteiger partial charge >= 0.3 is 0 Å². The van der Waals surface area contributed by atoms with Crippen LogP contribution < -0.4 is 5.32 Å². The summed E-state index contributed by atoms with van der Waals surface area (Å²) < 4.78 is 5.93. The molecule has 0 saturated carbocycles. The van der Waals surface area contributed by atoms with Crippen LogP contribution in [0.3, 0.4) is 0 Å². The Balaban J connectivity index is 1.36. The van der Waals surface area contributed by atoms with Crippen molar-refractivity contribution in [3.05, 3.63) is 54.1 Å². The summed E-state index contributed by atoms with van der Waals surface area (Å²) in [6.07, 6.45) is 2.67. The summed E-state index contributed by atoms with van der Waals surface area (Å²) in [5.74, 6) is 1.54. The molecule has 6 heteroatoms. The number of fused-ring (bicyclic) bond motifs is 1. The summed E-state index contributed by atoms with van der Waals surface area (Å²) in [5.41, 5.74) is 2.87. The van der Waals surface area contributed by atoms with E-state index in [1.807, 2.05) is 54.3 Å². The second kappa shape index (κ2) is 10.2. The molecule has 1 aliphatic rings. The van der Waals surface area contributed by atoms with Gasteiger partial charge in [-0.25, -0.2) is 4.98 Å². The largest absolute Gasteiger partial charge is 0.436 e. The predicted octanol–water partition coefficient (Wildman–Crippen LogP) is 5.15. The van der Waals surface area contributed by atoms with Gasteiger partial charge in [0, 0.05) is 36.7 Å². The lowest BCUT2D eigenvalue weighted by molar-refractivity contribution is -0.126. The number of oxazole rings is 1. The number of carbonyl (C=O) groups excluding carboxylic acids is 2. The molecule has 0 spiro atoms. The molecular weight excluding hydrogens is 414 g/mol. The Hall–Kier alpha value is -3.15. The van der Waals surface area contributed by atoms with Crippen LogP contribution in [0.4, 0.5) is 0 Å². The highest BCUT2D eigenvalue weighted by Crippen LogP contribution is 2.28. The molecule has 1 aromatic heterocycles. The molecule has 1 aliphatic heterocycles. The molecule has 0 bridgehead atoms. The molecule has 174 valence electrons. The summed E-state index contributed by atoms with van der Waals surface area (Å²) in [6, 6.07) is 15.2. The van der Waals surface area contributed by atoms with E-state index in [2.05, 4.69) is 24.1 Å². The second-order valence-electron chi connectivity index (χ2n) is 9.46. The maximum absolute atomic E-state index is 13.1. The van der Waals surface area contributed by atoms with E-state index < -0.39 is 0 Å². The Morgan fingerprint density at radius 3 is 2.52 bits per heavy atom. The first-order valence-electron chi connectivity index (χ1n) is 12.0. The first-order valence-corrected chi connectivity index (χ1v) is 12.0. The highest BCUT2D eigenvalue weighted by molar-refractivity contribution is 5.97. The fraction of sp³-hybridized carbons (Fsp3) is 0.444. The number of likely N-dealkylation sites (tertiary alicyclic amines) is 1. The quantitative estimate of drug-likeness (QED) is 0.544. The second-order valence-corrected chi connectivity index (χ2v) is 9.46. The number of hydrogen-bond acceptors (Lipinski definition) is 4. The van der Waals surface area contributed by atoms with Gasteiger partial charge in [0.1, 0.15) is 5.52 Å². The van der Waals surface area contributed by atoms with Crippen LogP contribution in [-0.4, -0.2) is 41.3 Å². The lowest BCUT2D eigenvalue weighted by Crippen LogP contribution is -2.42. The fourth-order valence-electron chi connectivity index (χ4n) is 4.41. The molecule has 2 heterocycles. The summed E-state index contributed by atoms with van der Waals surface area (Å²) >= 11 is 0. The topological polar surface area (TPSA) is 75.4 Å². The standard InChI is InChI=1S/C27H33N3O3/c1-18(2)11-14-28-25(31)19(3)20-12-15-30(16-13-20)27(32)22-9-10-23-24(17-22)33-26(29-23)21-7-5-4-6-8-21/h4-10,17-20H,11-16H2,1-3H3,(H,28,31). The van der Waals surface area contributed by atoms with E-state index in [4.69, 9.17) is 4.42 Å². The van der Waals surface area contributed by atoms with Crippen molar-refractivity contribution < 1.29 is 14.0 Å². The van der Waals surface area contributed by atoms with Crippen LogP contribution in [0, 0.1) is 17.8 Å². The minimum absolute atomic E-state index is 0.00190. The van der Waals surface area contributed by atoms with Crippen molar-refractivity contribution in [1.29, 1.82) is 0 Å². The van der Waals surface area contributed by atoms with Gasteiger partial charge in [-0.3, -0.25) is 9.59 Å². The highest BCUT2D eigenvalue weighted by atomic mass is 16.3. The van der Waals surface area contributed by atoms with Crippen molar-refractivity contribution in [2.24, 2.45) is 17.8 Å². The number of piperidine rings is 1. The number of rotatable bonds is 7. The Labute approximate surface area is 195 Å². The third-order valence-electron chi connectivity index (χ3n) is 6.62.